The van der Waals surface area contributed by atoms with E-state index < -0.39 is 75.4 Å². The quantitative estimate of drug-likeness (QED) is 0.00931. The molecule has 10 aromatic carbocycles. The molecule has 0 bridgehead atoms. The zero-order chi connectivity index (χ0) is 107. The second-order valence-corrected chi connectivity index (χ2v) is 37.1. The first-order chi connectivity index (χ1) is 69.9. The molecule has 0 radical (unpaired) electrons. The standard InChI is InChI=1S/C21H23NO3S.C19H20N2O4.C19H19NO4S.C13H15NO4.C12H13NO4.C8H8O2.C7H8S.C5H10O.C4H2O3.C2H4O2.2CH4.H3N/c1-4-15-6-5-7-16(12-15)19-21(20(24)25-3,13-18(23)22-19)26-17-10-8-14(2)9-11-17;1-24-15-9-5-8-14(10-15)18-16(11-17(22)21-18)20-19(23)25-12-13-6-3-2-4-7-13;1-12-6-8-15(9-7-12)25-19(18(22)23)11-16(21)20-17(19)13-4-3-5-14(10-13)24-2;1-17-9-5-3-4-8(6-9)12-10(13(16)18-2)7-11(15)14-12;1-17-8-4-2-3-7(5-8)11-9(12(15)16)6-10(14)13-11;1-10-8-4-2-3-7(5-8)6-9;1-6-2-4-7(8)5-3-6;1-5-3-2-4-6-5;5-3-1-2-4(6)7-3;1-2(3)4;;;/h5-12,19H,4,13H2,1-3H3,(H,22,23);2-10,16,18H,11-12H2,1H3,(H,20,23)(H,21,22);3-10,17H,11H2,1-2H3,(H,20,21)(H,22,23);3-6,10,12H,7H2,1-2H3,(H,14,15);2-5,9,11H,6H2,1H3,(H,13,14)(H,15,16);2-6H,1H3;2-5,8H,1H3;5H,2-4H2,1H3;1-2H;1H3,(H,3,4);2*1H4;1H3/t19-,21-;16-,18?;17-,19-;10-,12?;9-,11?;;;;;;;;/m10100......../s1. The number of hydrogen-bond donors (Lipinski definition) is 11. The summed E-state index contributed by atoms with van der Waals surface area (Å²) >= 11 is 6.75. The molecule has 149 heavy (non-hydrogen) atoms. The van der Waals surface area contributed by atoms with Gasteiger partial charge in [0.15, 0.2) is 9.49 Å². The van der Waals surface area contributed by atoms with Crippen LogP contribution in [-0.2, 0) is 94.2 Å². The van der Waals surface area contributed by atoms with E-state index in [1.54, 1.807) is 102 Å². The number of aliphatic carboxylic acids is 3. The number of methoxy groups -OCH3 is 7. The molecule has 7 aliphatic heterocycles. The van der Waals surface area contributed by atoms with Crippen LogP contribution in [0.4, 0.5) is 4.79 Å². The first-order valence-electron chi connectivity index (χ1n) is 46.2. The number of carbonyl (C=O) groups excluding carboxylic acids is 11. The molecule has 17 rings (SSSR count). The maximum Gasteiger partial charge on any atom is 0.407 e. The molecule has 6 amide bonds. The number of benzene rings is 10. The van der Waals surface area contributed by atoms with Gasteiger partial charge in [-0.15, -0.1) is 36.2 Å². The monoisotopic (exact) mass is 2100 g/mol. The van der Waals surface area contributed by atoms with Crippen molar-refractivity contribution in [2.45, 2.75) is 181 Å². The molecule has 37 heteroatoms. The van der Waals surface area contributed by atoms with Gasteiger partial charge in [-0.05, 0) is 183 Å². The van der Waals surface area contributed by atoms with Gasteiger partial charge in [-0.1, -0.05) is 190 Å². The predicted molar refractivity (Wildman–Crippen MR) is 568 cm³/mol. The number of thioether (sulfide) groups is 2. The molecule has 0 spiro atoms. The number of alkyl carbamates (subject to hydrolysis) is 1. The highest BCUT2D eigenvalue weighted by Gasteiger charge is 2.57. The van der Waals surface area contributed by atoms with Crippen molar-refractivity contribution < 1.29 is 130 Å². The van der Waals surface area contributed by atoms with Gasteiger partial charge in [0, 0.05) is 65.2 Å². The maximum atomic E-state index is 12.9. The number of aryl methyl sites for hydroxylation is 4. The van der Waals surface area contributed by atoms with Crippen molar-refractivity contribution in [3.05, 3.63) is 322 Å². The minimum Gasteiger partial charge on any atom is -0.497 e. The Morgan fingerprint density at radius 1 is 0.470 bits per heavy atom. The lowest BCUT2D eigenvalue weighted by Gasteiger charge is -2.31. The molecule has 796 valence electrons. The lowest BCUT2D eigenvalue weighted by atomic mass is 9.92. The summed E-state index contributed by atoms with van der Waals surface area (Å²) in [5.74, 6) is -3.42. The summed E-state index contributed by atoms with van der Waals surface area (Å²) in [4.78, 5) is 161. The summed E-state index contributed by atoms with van der Waals surface area (Å²) < 4.78 is 47.5. The van der Waals surface area contributed by atoms with Crippen molar-refractivity contribution in [3.63, 3.8) is 0 Å². The molecule has 7 aliphatic rings. The molecule has 0 aliphatic carbocycles. The summed E-state index contributed by atoms with van der Waals surface area (Å²) in [6.45, 7) is 12.5. The predicted octanol–water partition coefficient (Wildman–Crippen LogP) is 17.7. The van der Waals surface area contributed by atoms with Crippen LogP contribution in [0, 0.1) is 32.6 Å². The summed E-state index contributed by atoms with van der Waals surface area (Å²) in [5.41, 5.74) is 10.4. The van der Waals surface area contributed by atoms with Crippen LogP contribution in [0.15, 0.2) is 276 Å². The number of esters is 4. The number of carboxylic acids is 3. The minimum absolute atomic E-state index is 0. The molecule has 6 saturated heterocycles. The number of nitrogens with one attached hydrogen (secondary N) is 6. The fourth-order valence-corrected chi connectivity index (χ4v) is 18.5. The molecule has 11 atom stereocenters. The van der Waals surface area contributed by atoms with Gasteiger partial charge in [0.1, 0.15) is 41.6 Å². The van der Waals surface area contributed by atoms with Gasteiger partial charge in [0.2, 0.25) is 29.5 Å². The summed E-state index contributed by atoms with van der Waals surface area (Å²) in [5, 5.41) is 43.5. The molecular weight excluding hydrogens is 1970 g/mol. The second kappa shape index (κ2) is 62.6. The Morgan fingerprint density at radius 3 is 1.28 bits per heavy atom. The van der Waals surface area contributed by atoms with Crippen LogP contribution < -0.4 is 61.7 Å². The lowest BCUT2D eigenvalue weighted by molar-refractivity contribution is -0.150. The van der Waals surface area contributed by atoms with Gasteiger partial charge in [-0.25, -0.2) is 14.4 Å². The number of cyclic esters (lactones) is 2. The number of rotatable bonds is 23. The Kier molecular flexibility index (Phi) is 52.2. The number of amides is 6. The number of ether oxygens (including phenoxy) is 10. The Balaban J connectivity index is 0.000000302. The fraction of sp³-hybridized carbons (Fsp3) is 0.321. The van der Waals surface area contributed by atoms with E-state index in [1.807, 2.05) is 190 Å². The Morgan fingerprint density at radius 2 is 0.866 bits per heavy atom. The Hall–Kier alpha value is -15.3. The third-order valence-corrected chi connectivity index (χ3v) is 26.2. The molecule has 6 fully saturated rings. The maximum absolute atomic E-state index is 12.9. The van der Waals surface area contributed by atoms with Gasteiger partial charge < -0.3 is 101 Å². The van der Waals surface area contributed by atoms with Crippen LogP contribution in [0.2, 0.25) is 0 Å². The van der Waals surface area contributed by atoms with E-state index in [-0.39, 0.29) is 119 Å². The van der Waals surface area contributed by atoms with Crippen molar-refractivity contribution in [1.82, 2.24) is 38.1 Å². The largest absolute Gasteiger partial charge is 0.497 e. The van der Waals surface area contributed by atoms with Crippen LogP contribution in [-0.4, -0.2) is 177 Å². The van der Waals surface area contributed by atoms with Gasteiger partial charge in [-0.2, -0.15) is 0 Å². The number of carbonyl (C=O) groups is 14. The third-order valence-electron chi connectivity index (χ3n) is 23.1. The van der Waals surface area contributed by atoms with Crippen molar-refractivity contribution in [2.75, 3.05) is 56.4 Å². The number of hydrogen-bond acceptors (Lipinski definition) is 28. The van der Waals surface area contributed by atoms with Gasteiger partial charge in [0.25, 0.3) is 5.97 Å². The van der Waals surface area contributed by atoms with E-state index in [0.717, 1.165) is 92.0 Å². The number of aldehydes is 1. The molecule has 0 aromatic heterocycles. The van der Waals surface area contributed by atoms with E-state index in [4.69, 9.17) is 57.6 Å². The van der Waals surface area contributed by atoms with Crippen molar-refractivity contribution in [2.24, 2.45) is 11.8 Å². The Labute approximate surface area is 882 Å². The molecule has 10 aromatic rings. The van der Waals surface area contributed by atoms with E-state index in [9.17, 15) is 67.4 Å². The van der Waals surface area contributed by atoms with Crippen molar-refractivity contribution >= 4 is 120 Å². The van der Waals surface area contributed by atoms with E-state index >= 15 is 0 Å². The lowest BCUT2D eigenvalue weighted by Crippen LogP contribution is -2.41. The normalized spacial score (nSPS) is 19.7. The van der Waals surface area contributed by atoms with E-state index in [0.29, 0.717) is 46.0 Å². The summed E-state index contributed by atoms with van der Waals surface area (Å²) in [6, 6.07) is 74.5. The molecule has 34 nitrogen and oxygen atoms in total. The van der Waals surface area contributed by atoms with Crippen LogP contribution in [0.5, 0.6) is 28.7 Å². The third kappa shape index (κ3) is 38.8. The smallest absolute Gasteiger partial charge is 0.407 e. The highest BCUT2D eigenvalue weighted by Crippen LogP contribution is 2.51. The first kappa shape index (κ1) is 124. The van der Waals surface area contributed by atoms with E-state index in [1.165, 1.54) is 61.7 Å². The second-order valence-electron chi connectivity index (χ2n) is 33.7. The highest BCUT2D eigenvalue weighted by molar-refractivity contribution is 8.01. The SMILES string of the molecule is C.C.CC(=O)O.CC1CCCO1.CCc1cccc([C@H]2NC(=O)C[C@]2(Sc2ccc(C)cc2)C(=O)OC)c1.COC(=O)[C@H]1CC(=O)NC1c1cccc(OC)c1.COc1cccc(C2NC(=O)C[C@@H]2C(=O)O)c1.COc1cccc(C2NC(=O)C[C@@H]2NC(=O)OCc2ccccc2)c1.COc1cccc(C=O)c1.COc1cccc([C@H]2NC(=O)C[C@]2(Sc2ccc(C)cc2)C(=O)O)c1.Cc1ccc(S)cc1.N.O=C1C=CC(=O)O1. The van der Waals surface area contributed by atoms with Crippen LogP contribution in [0.3, 0.4) is 0 Å². The van der Waals surface area contributed by atoms with Gasteiger partial charge >= 0.3 is 41.9 Å². The van der Waals surface area contributed by atoms with Crippen LogP contribution in [0.1, 0.15) is 177 Å². The molecule has 7 heterocycles. The van der Waals surface area contributed by atoms with E-state index in [2.05, 4.69) is 76.1 Å². The minimum atomic E-state index is -1.31. The van der Waals surface area contributed by atoms with Gasteiger partial charge in [-0.3, -0.25) is 52.7 Å². The molecule has 12 N–H and O–H groups in total. The van der Waals surface area contributed by atoms with Crippen LogP contribution in [0.25, 0.3) is 0 Å². The zero-order valence-corrected chi connectivity index (χ0v) is 86.3. The average molecular weight is 2110 g/mol. The van der Waals surface area contributed by atoms with Gasteiger partial charge in [0.05, 0.1) is 117 Å². The highest BCUT2D eigenvalue weighted by atomic mass is 32.2. The fourth-order valence-electron chi connectivity index (χ4n) is 15.7. The average Bonchev–Trinajstić information content (AvgIpc) is 1.61. The Bertz CT molecular complexity index is 6090. The van der Waals surface area contributed by atoms with Crippen LogP contribution >= 0.6 is 36.2 Å². The molecular formula is C112H133N7O27S3. The topological polar surface area (TPSA) is 499 Å². The number of thiol groups is 1. The zero-order valence-electron chi connectivity index (χ0n) is 83.8. The van der Waals surface area contributed by atoms with Crippen molar-refractivity contribution in [3.8, 4) is 28.7 Å². The molecule has 4 unspecified atom stereocenters. The summed E-state index contributed by atoms with van der Waals surface area (Å²) in [7, 11) is 10.5. The summed E-state index contributed by atoms with van der Waals surface area (Å²) in [6.07, 6.45) is 6.80. The first-order valence-corrected chi connectivity index (χ1v) is 48.3. The molecule has 0 saturated carbocycles. The number of carboxylic acid groups (broad SMARTS) is 3. The van der Waals surface area contributed by atoms with Crippen molar-refractivity contribution in [1.29, 1.82) is 0 Å².